The highest BCUT2D eigenvalue weighted by molar-refractivity contribution is 5.85. The normalized spacial score (nSPS) is 21.2. The van der Waals surface area contributed by atoms with Gasteiger partial charge >= 0.3 is 5.97 Å². The summed E-state index contributed by atoms with van der Waals surface area (Å²) in [7, 11) is 0. The highest BCUT2D eigenvalue weighted by atomic mass is 16.4. The zero-order valence-corrected chi connectivity index (χ0v) is 7.53. The molecule has 4 nitrogen and oxygen atoms in total. The molecule has 0 aliphatic carbocycles. The van der Waals surface area contributed by atoms with E-state index in [1.807, 2.05) is 11.5 Å². The molecule has 0 radical (unpaired) electrons. The van der Waals surface area contributed by atoms with Gasteiger partial charge < -0.3 is 9.67 Å². The number of aromatic nitrogens is 2. The lowest BCUT2D eigenvalue weighted by Gasteiger charge is -2.22. The van der Waals surface area contributed by atoms with E-state index in [-0.39, 0.29) is 6.04 Å². The second-order valence-electron chi connectivity index (χ2n) is 3.48. The first-order valence-corrected chi connectivity index (χ1v) is 4.49. The number of hydrogen-bond donors (Lipinski definition) is 1. The van der Waals surface area contributed by atoms with Gasteiger partial charge in [0.25, 0.3) is 0 Å². The Labute approximate surface area is 76.2 Å². The molecule has 2 heterocycles. The second kappa shape index (κ2) is 2.87. The molecule has 0 fully saturated rings. The van der Waals surface area contributed by atoms with E-state index in [0.29, 0.717) is 5.69 Å². The summed E-state index contributed by atoms with van der Waals surface area (Å²) in [6.07, 6.45) is 4.51. The highest BCUT2D eigenvalue weighted by Crippen LogP contribution is 2.25. The Morgan fingerprint density at radius 2 is 2.54 bits per heavy atom. The van der Waals surface area contributed by atoms with Crippen molar-refractivity contribution in [1.29, 1.82) is 0 Å². The van der Waals surface area contributed by atoms with E-state index in [2.05, 4.69) is 4.98 Å². The van der Waals surface area contributed by atoms with Crippen molar-refractivity contribution in [2.75, 3.05) is 0 Å². The van der Waals surface area contributed by atoms with Crippen LogP contribution < -0.4 is 0 Å². The molecule has 0 saturated heterocycles. The van der Waals surface area contributed by atoms with E-state index in [1.54, 1.807) is 0 Å². The van der Waals surface area contributed by atoms with Crippen LogP contribution in [0.25, 0.3) is 0 Å². The zero-order chi connectivity index (χ0) is 9.42. The molecule has 1 aliphatic rings. The van der Waals surface area contributed by atoms with Crippen molar-refractivity contribution in [3.8, 4) is 0 Å². The first-order valence-electron chi connectivity index (χ1n) is 4.49. The van der Waals surface area contributed by atoms with Crippen molar-refractivity contribution < 1.29 is 9.90 Å². The molecule has 1 aromatic heterocycles. The van der Waals surface area contributed by atoms with Gasteiger partial charge in [-0.25, -0.2) is 9.78 Å². The summed E-state index contributed by atoms with van der Waals surface area (Å²) in [6, 6.07) is 0.275. The van der Waals surface area contributed by atoms with Crippen molar-refractivity contribution in [3.63, 3.8) is 0 Å². The molecule has 1 atom stereocenters. The lowest BCUT2D eigenvalue weighted by atomic mass is 10.1. The molecule has 0 saturated carbocycles. The van der Waals surface area contributed by atoms with Gasteiger partial charge in [0.15, 0.2) is 0 Å². The van der Waals surface area contributed by atoms with Gasteiger partial charge in [-0.15, -0.1) is 0 Å². The Balaban J connectivity index is 2.50. The molecule has 1 aliphatic heterocycles. The van der Waals surface area contributed by atoms with Crippen molar-refractivity contribution in [2.45, 2.75) is 32.2 Å². The molecule has 0 aromatic carbocycles. The molecule has 2 rings (SSSR count). The van der Waals surface area contributed by atoms with Crippen LogP contribution in [0.5, 0.6) is 0 Å². The molecule has 1 aromatic rings. The number of nitrogens with zero attached hydrogens (tertiary/aromatic N) is 2. The highest BCUT2D eigenvalue weighted by Gasteiger charge is 2.22. The number of imidazole rings is 1. The fourth-order valence-corrected chi connectivity index (χ4v) is 1.92. The standard InChI is InChI=1S/C9H12N2O2/c1-6-3-2-4-8-10-5-7(9(12)13)11(6)8/h5-6H,2-4H2,1H3,(H,12,13)/t6-/m0/s1. The number of carboxylic acids is 1. The van der Waals surface area contributed by atoms with E-state index in [0.717, 1.165) is 25.1 Å². The summed E-state index contributed by atoms with van der Waals surface area (Å²) in [6.45, 7) is 2.04. The SMILES string of the molecule is C[C@H]1CCCc2ncc(C(=O)O)n21. The summed E-state index contributed by atoms with van der Waals surface area (Å²) < 4.78 is 1.84. The summed E-state index contributed by atoms with van der Waals surface area (Å²) in [5, 5.41) is 8.89. The van der Waals surface area contributed by atoms with Gasteiger partial charge in [-0.3, -0.25) is 0 Å². The minimum atomic E-state index is -0.882. The predicted molar refractivity (Wildman–Crippen MR) is 46.8 cm³/mol. The lowest BCUT2D eigenvalue weighted by molar-refractivity contribution is 0.0681. The predicted octanol–water partition coefficient (Wildman–Crippen LogP) is 1.48. The van der Waals surface area contributed by atoms with Gasteiger partial charge in [-0.2, -0.15) is 0 Å². The fourth-order valence-electron chi connectivity index (χ4n) is 1.92. The third kappa shape index (κ3) is 1.22. The maximum absolute atomic E-state index is 10.8. The van der Waals surface area contributed by atoms with Crippen LogP contribution in [0.1, 0.15) is 42.1 Å². The molecule has 4 heteroatoms. The van der Waals surface area contributed by atoms with Crippen LogP contribution in [0.15, 0.2) is 6.20 Å². The topological polar surface area (TPSA) is 55.1 Å². The van der Waals surface area contributed by atoms with Crippen LogP contribution >= 0.6 is 0 Å². The molecule has 70 valence electrons. The first kappa shape index (κ1) is 8.29. The molecular weight excluding hydrogens is 168 g/mol. The summed E-state index contributed by atoms with van der Waals surface area (Å²) in [5.74, 6) is 0.0312. The number of aromatic carboxylic acids is 1. The number of carboxylic acid groups (broad SMARTS) is 1. The minimum Gasteiger partial charge on any atom is -0.477 e. The number of rotatable bonds is 1. The van der Waals surface area contributed by atoms with Crippen LogP contribution in [0.2, 0.25) is 0 Å². The van der Waals surface area contributed by atoms with Crippen LogP contribution in [0, 0.1) is 0 Å². The van der Waals surface area contributed by atoms with Crippen molar-refractivity contribution in [1.82, 2.24) is 9.55 Å². The Hall–Kier alpha value is -1.32. The Kier molecular flexibility index (Phi) is 1.83. The first-order chi connectivity index (χ1) is 6.20. The van der Waals surface area contributed by atoms with Crippen LogP contribution in [0.4, 0.5) is 0 Å². The third-order valence-electron chi connectivity index (χ3n) is 2.56. The van der Waals surface area contributed by atoms with Crippen LogP contribution in [-0.4, -0.2) is 20.6 Å². The number of aryl methyl sites for hydroxylation is 1. The van der Waals surface area contributed by atoms with Gasteiger partial charge in [-0.1, -0.05) is 0 Å². The van der Waals surface area contributed by atoms with Crippen molar-refractivity contribution in [2.24, 2.45) is 0 Å². The number of carbonyl (C=O) groups is 1. The lowest BCUT2D eigenvalue weighted by Crippen LogP contribution is -2.19. The molecule has 13 heavy (non-hydrogen) atoms. The molecule has 0 amide bonds. The average Bonchev–Trinajstić information content (AvgIpc) is 2.49. The summed E-state index contributed by atoms with van der Waals surface area (Å²) in [5.41, 5.74) is 0.321. The van der Waals surface area contributed by atoms with Gasteiger partial charge in [0.05, 0.1) is 6.20 Å². The van der Waals surface area contributed by atoms with Gasteiger partial charge in [0, 0.05) is 12.5 Å². The maximum atomic E-state index is 10.8. The van der Waals surface area contributed by atoms with Gasteiger partial charge in [0.1, 0.15) is 11.5 Å². The second-order valence-corrected chi connectivity index (χ2v) is 3.48. The number of fused-ring (bicyclic) bond motifs is 1. The van der Waals surface area contributed by atoms with Crippen molar-refractivity contribution >= 4 is 5.97 Å². The number of hydrogen-bond acceptors (Lipinski definition) is 2. The van der Waals surface area contributed by atoms with Crippen LogP contribution in [-0.2, 0) is 6.42 Å². The molecule has 0 bridgehead atoms. The largest absolute Gasteiger partial charge is 0.477 e. The Morgan fingerprint density at radius 1 is 1.77 bits per heavy atom. The van der Waals surface area contributed by atoms with E-state index in [1.165, 1.54) is 6.20 Å². The third-order valence-corrected chi connectivity index (χ3v) is 2.56. The molecule has 1 N–H and O–H groups in total. The van der Waals surface area contributed by atoms with Gasteiger partial charge in [0.2, 0.25) is 0 Å². The fraction of sp³-hybridized carbons (Fsp3) is 0.556. The molecule has 0 unspecified atom stereocenters. The van der Waals surface area contributed by atoms with Crippen LogP contribution in [0.3, 0.4) is 0 Å². The average molecular weight is 180 g/mol. The molecular formula is C9H12N2O2. The van der Waals surface area contributed by atoms with Gasteiger partial charge in [-0.05, 0) is 19.8 Å². The van der Waals surface area contributed by atoms with E-state index in [9.17, 15) is 4.79 Å². The minimum absolute atomic E-state index is 0.275. The summed E-state index contributed by atoms with van der Waals surface area (Å²) in [4.78, 5) is 14.9. The Bertz CT molecular complexity index is 343. The Morgan fingerprint density at radius 3 is 3.23 bits per heavy atom. The quantitative estimate of drug-likeness (QED) is 0.712. The van der Waals surface area contributed by atoms with E-state index in [4.69, 9.17) is 5.11 Å². The summed E-state index contributed by atoms with van der Waals surface area (Å²) >= 11 is 0. The zero-order valence-electron chi connectivity index (χ0n) is 7.53. The van der Waals surface area contributed by atoms with E-state index < -0.39 is 5.97 Å². The molecule has 0 spiro atoms. The van der Waals surface area contributed by atoms with Crippen molar-refractivity contribution in [3.05, 3.63) is 17.7 Å². The van der Waals surface area contributed by atoms with E-state index >= 15 is 0 Å². The maximum Gasteiger partial charge on any atom is 0.354 e. The monoisotopic (exact) mass is 180 g/mol. The smallest absolute Gasteiger partial charge is 0.354 e.